The number of aryl methyl sites for hydroxylation is 1. The first-order chi connectivity index (χ1) is 14.2. The SMILES string of the molecule is CN=C(NCC(c1ccc(C)o1)N1CCCC1)NC1CCN(c2cccs2)CC1. The van der Waals surface area contributed by atoms with Gasteiger partial charge >= 0.3 is 0 Å². The highest BCUT2D eigenvalue weighted by atomic mass is 32.1. The van der Waals surface area contributed by atoms with Crippen LogP contribution in [0.4, 0.5) is 5.00 Å². The Balaban J connectivity index is 1.30. The molecule has 4 heterocycles. The van der Waals surface area contributed by atoms with Gasteiger partial charge in [-0.2, -0.15) is 0 Å². The predicted octanol–water partition coefficient (Wildman–Crippen LogP) is 3.62. The van der Waals surface area contributed by atoms with E-state index in [1.807, 2.05) is 25.3 Å². The highest BCUT2D eigenvalue weighted by molar-refractivity contribution is 7.14. The van der Waals surface area contributed by atoms with Crippen LogP contribution in [-0.2, 0) is 0 Å². The number of likely N-dealkylation sites (tertiary alicyclic amines) is 1. The Bertz CT molecular complexity index is 773. The highest BCUT2D eigenvalue weighted by Crippen LogP contribution is 2.27. The minimum atomic E-state index is 0.255. The van der Waals surface area contributed by atoms with E-state index in [1.165, 1.54) is 17.8 Å². The summed E-state index contributed by atoms with van der Waals surface area (Å²) in [5, 5.41) is 10.7. The van der Waals surface area contributed by atoms with E-state index >= 15 is 0 Å². The summed E-state index contributed by atoms with van der Waals surface area (Å²) >= 11 is 1.83. The molecule has 2 saturated heterocycles. The minimum Gasteiger partial charge on any atom is -0.465 e. The number of guanidine groups is 1. The summed E-state index contributed by atoms with van der Waals surface area (Å²) in [6.45, 7) is 7.29. The molecular formula is C22H33N5OS. The molecule has 4 rings (SSSR count). The molecule has 0 aliphatic carbocycles. The topological polar surface area (TPSA) is 56.0 Å². The number of hydrogen-bond acceptors (Lipinski definition) is 5. The van der Waals surface area contributed by atoms with Crippen LogP contribution in [0.5, 0.6) is 0 Å². The molecule has 2 N–H and O–H groups in total. The number of furan rings is 1. The van der Waals surface area contributed by atoms with Gasteiger partial charge in [0.1, 0.15) is 11.5 Å². The van der Waals surface area contributed by atoms with Gasteiger partial charge in [0.25, 0.3) is 0 Å². The molecular weight excluding hydrogens is 382 g/mol. The number of rotatable bonds is 6. The van der Waals surface area contributed by atoms with Crippen LogP contribution in [-0.4, -0.2) is 56.7 Å². The molecule has 1 unspecified atom stereocenters. The second kappa shape index (κ2) is 9.67. The van der Waals surface area contributed by atoms with E-state index in [4.69, 9.17) is 4.42 Å². The fourth-order valence-corrected chi connectivity index (χ4v) is 5.16. The molecule has 0 bridgehead atoms. The van der Waals surface area contributed by atoms with Gasteiger partial charge in [-0.3, -0.25) is 9.89 Å². The molecule has 0 radical (unpaired) electrons. The van der Waals surface area contributed by atoms with Crippen molar-refractivity contribution in [2.75, 3.05) is 44.7 Å². The largest absolute Gasteiger partial charge is 0.465 e. The van der Waals surface area contributed by atoms with Crippen LogP contribution < -0.4 is 15.5 Å². The van der Waals surface area contributed by atoms with Crippen molar-refractivity contribution in [1.29, 1.82) is 0 Å². The van der Waals surface area contributed by atoms with Gasteiger partial charge in [-0.1, -0.05) is 0 Å². The van der Waals surface area contributed by atoms with Gasteiger partial charge in [0.2, 0.25) is 0 Å². The van der Waals surface area contributed by atoms with E-state index in [9.17, 15) is 0 Å². The summed E-state index contributed by atoms with van der Waals surface area (Å²) in [7, 11) is 1.86. The van der Waals surface area contributed by atoms with Crippen molar-refractivity contribution in [1.82, 2.24) is 15.5 Å². The van der Waals surface area contributed by atoms with Crippen molar-refractivity contribution in [2.24, 2.45) is 4.99 Å². The third-order valence-corrected chi connectivity index (χ3v) is 6.94. The van der Waals surface area contributed by atoms with Gasteiger partial charge < -0.3 is 20.0 Å². The molecule has 7 heteroatoms. The van der Waals surface area contributed by atoms with Gasteiger partial charge in [0.15, 0.2) is 5.96 Å². The zero-order valence-corrected chi connectivity index (χ0v) is 18.4. The number of thiophene rings is 1. The molecule has 0 amide bonds. The maximum atomic E-state index is 5.97. The van der Waals surface area contributed by atoms with Crippen molar-refractivity contribution in [3.05, 3.63) is 41.2 Å². The lowest BCUT2D eigenvalue weighted by atomic mass is 10.1. The fourth-order valence-electron chi connectivity index (χ4n) is 4.37. The summed E-state index contributed by atoms with van der Waals surface area (Å²) in [4.78, 5) is 9.50. The monoisotopic (exact) mass is 415 g/mol. The van der Waals surface area contributed by atoms with Crippen LogP contribution in [0.1, 0.15) is 43.2 Å². The molecule has 2 aliphatic heterocycles. The maximum absolute atomic E-state index is 5.97. The van der Waals surface area contributed by atoms with Crippen molar-refractivity contribution in [2.45, 2.75) is 44.7 Å². The Morgan fingerprint density at radius 3 is 2.62 bits per heavy atom. The van der Waals surface area contributed by atoms with E-state index < -0.39 is 0 Å². The Hall–Kier alpha value is -1.99. The number of aliphatic imine (C=N–C) groups is 1. The first-order valence-corrected chi connectivity index (χ1v) is 11.7. The van der Waals surface area contributed by atoms with Crippen LogP contribution >= 0.6 is 11.3 Å². The summed E-state index contributed by atoms with van der Waals surface area (Å²) in [5.41, 5.74) is 0. The quantitative estimate of drug-likeness (QED) is 0.557. The third kappa shape index (κ3) is 5.14. The summed E-state index contributed by atoms with van der Waals surface area (Å²) in [5.74, 6) is 2.92. The first kappa shape index (κ1) is 20.3. The van der Waals surface area contributed by atoms with Crippen LogP contribution in [0.3, 0.4) is 0 Å². The Labute approximate surface area is 178 Å². The summed E-state index contributed by atoms with van der Waals surface area (Å²) in [6, 6.07) is 9.25. The normalized spacial score (nSPS) is 20.2. The average molecular weight is 416 g/mol. The van der Waals surface area contributed by atoms with Gasteiger partial charge in [-0.05, 0) is 75.3 Å². The van der Waals surface area contributed by atoms with Crippen LogP contribution in [0.2, 0.25) is 0 Å². The number of nitrogens with one attached hydrogen (secondary N) is 2. The Kier molecular flexibility index (Phi) is 6.77. The molecule has 0 aromatic carbocycles. The van der Waals surface area contributed by atoms with Gasteiger partial charge in [-0.15, -0.1) is 11.3 Å². The van der Waals surface area contributed by atoms with Crippen LogP contribution in [0, 0.1) is 6.92 Å². The fraction of sp³-hybridized carbons (Fsp3) is 0.591. The first-order valence-electron chi connectivity index (χ1n) is 10.8. The lowest BCUT2D eigenvalue weighted by molar-refractivity contribution is 0.213. The molecule has 2 aliphatic rings. The zero-order valence-electron chi connectivity index (χ0n) is 17.6. The lowest BCUT2D eigenvalue weighted by Crippen LogP contribution is -2.50. The third-order valence-electron chi connectivity index (χ3n) is 6.01. The summed E-state index contributed by atoms with van der Waals surface area (Å²) < 4.78 is 5.97. The number of hydrogen-bond donors (Lipinski definition) is 2. The molecule has 29 heavy (non-hydrogen) atoms. The molecule has 2 fully saturated rings. The standard InChI is InChI=1S/C22H33N5OS/c1-17-7-8-20(28-17)19(26-11-3-4-12-26)16-24-22(23-2)25-18-9-13-27(14-10-18)21-6-5-15-29-21/h5-8,15,18-19H,3-4,9-14,16H2,1-2H3,(H2,23,24,25). The lowest BCUT2D eigenvalue weighted by Gasteiger charge is -2.34. The number of nitrogens with zero attached hydrogens (tertiary/aromatic N) is 3. The Morgan fingerprint density at radius 1 is 1.21 bits per heavy atom. The molecule has 6 nitrogen and oxygen atoms in total. The molecule has 2 aromatic rings. The van der Waals surface area contributed by atoms with Crippen molar-refractivity contribution in [3.63, 3.8) is 0 Å². The smallest absolute Gasteiger partial charge is 0.191 e. The van der Waals surface area contributed by atoms with E-state index in [-0.39, 0.29) is 6.04 Å². The van der Waals surface area contributed by atoms with Crippen LogP contribution in [0.25, 0.3) is 0 Å². The molecule has 2 aromatic heterocycles. The van der Waals surface area contributed by atoms with Crippen LogP contribution in [0.15, 0.2) is 39.1 Å². The number of piperidine rings is 1. The van der Waals surface area contributed by atoms with Crippen molar-refractivity contribution >= 4 is 22.3 Å². The maximum Gasteiger partial charge on any atom is 0.191 e. The van der Waals surface area contributed by atoms with E-state index in [0.29, 0.717) is 6.04 Å². The predicted molar refractivity (Wildman–Crippen MR) is 121 cm³/mol. The molecule has 0 saturated carbocycles. The highest BCUT2D eigenvalue weighted by Gasteiger charge is 2.27. The van der Waals surface area contributed by atoms with E-state index in [2.05, 4.69) is 55.1 Å². The van der Waals surface area contributed by atoms with E-state index in [0.717, 1.165) is 63.0 Å². The molecule has 1 atom stereocenters. The second-order valence-electron chi connectivity index (χ2n) is 8.02. The molecule has 0 spiro atoms. The summed E-state index contributed by atoms with van der Waals surface area (Å²) in [6.07, 6.45) is 4.80. The Morgan fingerprint density at radius 2 is 2.00 bits per heavy atom. The zero-order chi connectivity index (χ0) is 20.1. The average Bonchev–Trinajstić information content (AvgIpc) is 3.51. The molecule has 158 valence electrons. The van der Waals surface area contributed by atoms with Gasteiger partial charge in [0, 0.05) is 32.7 Å². The number of anilines is 1. The van der Waals surface area contributed by atoms with Gasteiger partial charge in [0.05, 0.1) is 11.0 Å². The second-order valence-corrected chi connectivity index (χ2v) is 8.94. The van der Waals surface area contributed by atoms with Crippen molar-refractivity contribution < 1.29 is 4.42 Å². The van der Waals surface area contributed by atoms with Gasteiger partial charge in [-0.25, -0.2) is 0 Å². The van der Waals surface area contributed by atoms with E-state index in [1.54, 1.807) is 0 Å². The minimum absolute atomic E-state index is 0.255. The van der Waals surface area contributed by atoms with Crippen molar-refractivity contribution in [3.8, 4) is 0 Å².